The number of nitrogens with zero attached hydrogens (tertiary/aromatic N) is 6. The largest absolute Gasteiger partial charge is 0.355 e. The van der Waals surface area contributed by atoms with Gasteiger partial charge in [-0.25, -0.2) is 15.0 Å². The number of aromatic nitrogens is 5. The summed E-state index contributed by atoms with van der Waals surface area (Å²) in [6.45, 7) is 2.72. The van der Waals surface area contributed by atoms with E-state index in [9.17, 15) is 0 Å². The van der Waals surface area contributed by atoms with Crippen molar-refractivity contribution in [3.63, 3.8) is 0 Å². The second kappa shape index (κ2) is 7.08. The first-order valence-electron chi connectivity index (χ1n) is 9.22. The number of piperidine rings is 1. The summed E-state index contributed by atoms with van der Waals surface area (Å²) in [5.74, 6) is 2.59. The molecular formula is C20H20N6S. The van der Waals surface area contributed by atoms with E-state index >= 15 is 0 Å². The van der Waals surface area contributed by atoms with Crippen molar-refractivity contribution < 1.29 is 0 Å². The molecule has 1 saturated heterocycles. The molecule has 7 heteroatoms. The molecule has 1 aliphatic rings. The van der Waals surface area contributed by atoms with Gasteiger partial charge in [0.15, 0.2) is 0 Å². The second-order valence-corrected chi connectivity index (χ2v) is 7.77. The molecule has 0 bridgehead atoms. The van der Waals surface area contributed by atoms with Crippen LogP contribution in [0.25, 0.3) is 10.2 Å². The molecule has 0 N–H and O–H groups in total. The Morgan fingerprint density at radius 1 is 1.07 bits per heavy atom. The van der Waals surface area contributed by atoms with E-state index < -0.39 is 0 Å². The molecule has 1 unspecified atom stereocenters. The number of pyridine rings is 1. The van der Waals surface area contributed by atoms with Crippen molar-refractivity contribution in [2.45, 2.75) is 25.3 Å². The summed E-state index contributed by atoms with van der Waals surface area (Å²) in [7, 11) is 0. The molecule has 0 radical (unpaired) electrons. The van der Waals surface area contributed by atoms with Gasteiger partial charge in [-0.05, 0) is 36.4 Å². The summed E-state index contributed by atoms with van der Waals surface area (Å²) in [5, 5.41) is 2.09. The lowest BCUT2D eigenvalue weighted by atomic mass is 9.97. The third-order valence-electron chi connectivity index (χ3n) is 5.12. The molecule has 5 heterocycles. The molecule has 1 aliphatic heterocycles. The van der Waals surface area contributed by atoms with E-state index in [-0.39, 0.29) is 0 Å². The van der Waals surface area contributed by atoms with Crippen molar-refractivity contribution in [1.82, 2.24) is 24.5 Å². The quantitative estimate of drug-likeness (QED) is 0.543. The van der Waals surface area contributed by atoms with Gasteiger partial charge in [0.1, 0.15) is 18.0 Å². The van der Waals surface area contributed by atoms with Crippen LogP contribution in [0, 0.1) is 0 Å². The van der Waals surface area contributed by atoms with E-state index in [0.29, 0.717) is 5.92 Å². The molecule has 0 aromatic carbocycles. The lowest BCUT2D eigenvalue weighted by molar-refractivity contribution is 0.474. The first-order valence-corrected chi connectivity index (χ1v) is 10.1. The molecule has 1 fully saturated rings. The zero-order chi connectivity index (χ0) is 18.1. The Balaban J connectivity index is 1.41. The maximum absolute atomic E-state index is 4.69. The normalized spacial score (nSPS) is 17.5. The van der Waals surface area contributed by atoms with Gasteiger partial charge >= 0.3 is 0 Å². The van der Waals surface area contributed by atoms with Gasteiger partial charge in [0, 0.05) is 37.6 Å². The smallest absolute Gasteiger partial charge is 0.150 e. The average molecular weight is 376 g/mol. The van der Waals surface area contributed by atoms with Crippen LogP contribution in [-0.4, -0.2) is 37.6 Å². The fourth-order valence-electron chi connectivity index (χ4n) is 3.86. The molecule has 0 aliphatic carbocycles. The number of imidazole rings is 1. The minimum atomic E-state index is 0.391. The van der Waals surface area contributed by atoms with Gasteiger partial charge in [-0.2, -0.15) is 0 Å². The molecule has 4 aromatic rings. The lowest BCUT2D eigenvalue weighted by Gasteiger charge is -2.33. The van der Waals surface area contributed by atoms with E-state index in [1.807, 2.05) is 24.5 Å². The molecule has 0 spiro atoms. The summed E-state index contributed by atoms with van der Waals surface area (Å²) >= 11 is 1.72. The molecule has 0 saturated carbocycles. The Bertz CT molecular complexity index is 1040. The van der Waals surface area contributed by atoms with E-state index in [1.54, 1.807) is 17.7 Å². The van der Waals surface area contributed by atoms with Crippen molar-refractivity contribution in [3.05, 3.63) is 66.1 Å². The van der Waals surface area contributed by atoms with Gasteiger partial charge in [0.2, 0.25) is 0 Å². The van der Waals surface area contributed by atoms with Crippen molar-refractivity contribution >= 4 is 27.4 Å². The van der Waals surface area contributed by atoms with Crippen LogP contribution in [0.15, 0.2) is 54.6 Å². The molecule has 5 rings (SSSR count). The molecule has 27 heavy (non-hydrogen) atoms. The van der Waals surface area contributed by atoms with Crippen molar-refractivity contribution in [2.24, 2.45) is 0 Å². The highest BCUT2D eigenvalue weighted by atomic mass is 32.1. The fraction of sp³-hybridized carbons (Fsp3) is 0.300. The number of thiophene rings is 1. The zero-order valence-corrected chi connectivity index (χ0v) is 15.7. The minimum Gasteiger partial charge on any atom is -0.355 e. The lowest BCUT2D eigenvalue weighted by Crippen LogP contribution is -2.36. The third kappa shape index (κ3) is 3.19. The molecular weight excluding hydrogens is 356 g/mol. The predicted molar refractivity (Wildman–Crippen MR) is 107 cm³/mol. The second-order valence-electron chi connectivity index (χ2n) is 6.85. The summed E-state index contributed by atoms with van der Waals surface area (Å²) in [5.41, 5.74) is 2.09. The molecule has 0 amide bonds. The van der Waals surface area contributed by atoms with E-state index in [2.05, 4.69) is 48.1 Å². The maximum atomic E-state index is 4.69. The van der Waals surface area contributed by atoms with Crippen molar-refractivity contribution in [3.8, 4) is 0 Å². The summed E-state index contributed by atoms with van der Waals surface area (Å²) in [6, 6.07) is 8.10. The van der Waals surface area contributed by atoms with Crippen molar-refractivity contribution in [2.75, 3.05) is 18.0 Å². The number of fused-ring (bicyclic) bond motifs is 1. The summed E-state index contributed by atoms with van der Waals surface area (Å²) in [4.78, 5) is 20.5. The first kappa shape index (κ1) is 16.4. The molecule has 4 aromatic heterocycles. The molecule has 6 nitrogen and oxygen atoms in total. The van der Waals surface area contributed by atoms with Crippen LogP contribution in [0.4, 0.5) is 5.82 Å². The van der Waals surface area contributed by atoms with Gasteiger partial charge < -0.3 is 9.47 Å². The molecule has 1 atom stereocenters. The Hall–Kier alpha value is -2.80. The van der Waals surface area contributed by atoms with E-state index in [0.717, 1.165) is 55.3 Å². The van der Waals surface area contributed by atoms with Crippen LogP contribution in [0.1, 0.15) is 30.3 Å². The van der Waals surface area contributed by atoms with Crippen LogP contribution >= 0.6 is 11.3 Å². The third-order valence-corrected chi connectivity index (χ3v) is 6.02. The van der Waals surface area contributed by atoms with Gasteiger partial charge in [-0.1, -0.05) is 6.07 Å². The van der Waals surface area contributed by atoms with Crippen LogP contribution < -0.4 is 4.90 Å². The monoisotopic (exact) mass is 376 g/mol. The highest BCUT2D eigenvalue weighted by Gasteiger charge is 2.26. The Labute approximate surface area is 161 Å². The minimum absolute atomic E-state index is 0.391. The number of anilines is 1. The first-order chi connectivity index (χ1) is 13.4. The number of hydrogen-bond donors (Lipinski definition) is 0. The number of rotatable bonds is 4. The standard InChI is InChI=1S/C20H20N6S/c1-2-7-21-16(5-1)13-26-10-8-22-19(26)15-4-3-9-25(12-15)20-18-17(6-11-27-18)23-14-24-20/h1-2,5-8,10-11,14-15H,3-4,9,12-13H2. The van der Waals surface area contributed by atoms with E-state index in [1.165, 1.54) is 4.70 Å². The fourth-order valence-corrected chi connectivity index (χ4v) is 4.72. The van der Waals surface area contributed by atoms with Gasteiger partial charge in [0.05, 0.1) is 22.5 Å². The van der Waals surface area contributed by atoms with Crippen LogP contribution in [0.5, 0.6) is 0 Å². The highest BCUT2D eigenvalue weighted by Crippen LogP contribution is 2.33. The topological polar surface area (TPSA) is 59.7 Å². The van der Waals surface area contributed by atoms with Crippen molar-refractivity contribution in [1.29, 1.82) is 0 Å². The van der Waals surface area contributed by atoms with Gasteiger partial charge in [0.25, 0.3) is 0 Å². The SMILES string of the molecule is c1ccc(Cn2ccnc2C2CCCN(c3ncnc4ccsc34)C2)nc1. The van der Waals surface area contributed by atoms with Crippen LogP contribution in [0.3, 0.4) is 0 Å². The van der Waals surface area contributed by atoms with Gasteiger partial charge in [-0.3, -0.25) is 4.98 Å². The number of hydrogen-bond acceptors (Lipinski definition) is 6. The Morgan fingerprint density at radius 3 is 3.00 bits per heavy atom. The highest BCUT2D eigenvalue weighted by molar-refractivity contribution is 7.17. The average Bonchev–Trinajstić information content (AvgIpc) is 3.38. The Kier molecular flexibility index (Phi) is 4.29. The maximum Gasteiger partial charge on any atom is 0.150 e. The predicted octanol–water partition coefficient (Wildman–Crippen LogP) is 3.72. The van der Waals surface area contributed by atoms with E-state index in [4.69, 9.17) is 4.98 Å². The molecule has 136 valence electrons. The van der Waals surface area contributed by atoms with Gasteiger partial charge in [-0.15, -0.1) is 11.3 Å². The summed E-state index contributed by atoms with van der Waals surface area (Å²) < 4.78 is 3.41. The Morgan fingerprint density at radius 2 is 2.07 bits per heavy atom. The van der Waals surface area contributed by atoms with Crippen LogP contribution in [0.2, 0.25) is 0 Å². The summed E-state index contributed by atoms with van der Waals surface area (Å²) in [6.07, 6.45) is 9.77. The van der Waals surface area contributed by atoms with Crippen LogP contribution in [-0.2, 0) is 6.54 Å². The zero-order valence-electron chi connectivity index (χ0n) is 14.9.